The maximum Gasteiger partial charge on any atom is 0.408 e. The molecule has 3 N–H and O–H groups in total. The quantitative estimate of drug-likeness (QED) is 0.281. The van der Waals surface area contributed by atoms with Crippen molar-refractivity contribution in [2.24, 2.45) is 17.8 Å². The number of hydrogen-bond donors (Lipinski definition) is 3. The van der Waals surface area contributed by atoms with Gasteiger partial charge in [-0.05, 0) is 89.3 Å². The number of carbonyl (C=O) groups excluding carboxylic acids is 4. The first-order chi connectivity index (χ1) is 28.6. The van der Waals surface area contributed by atoms with Gasteiger partial charge in [0.1, 0.15) is 30.3 Å². The molecule has 3 aliphatic heterocycles. The molecule has 0 unspecified atom stereocenters. The Kier molecular flexibility index (Phi) is 11.8. The molecule has 15 nitrogen and oxygen atoms in total. The van der Waals surface area contributed by atoms with Crippen LogP contribution in [0.2, 0.25) is 0 Å². The molecule has 4 amide bonds. The monoisotopic (exact) mass is 872 g/mol. The van der Waals surface area contributed by atoms with Crippen LogP contribution in [0.5, 0.6) is 11.6 Å². The van der Waals surface area contributed by atoms with Gasteiger partial charge in [-0.2, -0.15) is 0 Å². The van der Waals surface area contributed by atoms with Crippen molar-refractivity contribution in [3.63, 3.8) is 0 Å². The van der Waals surface area contributed by atoms with Crippen molar-refractivity contribution in [1.29, 1.82) is 0 Å². The molecule has 1 saturated heterocycles. The Hall–Kier alpha value is -4.74. The van der Waals surface area contributed by atoms with Crippen LogP contribution in [0.4, 0.5) is 19.3 Å². The lowest BCUT2D eigenvalue weighted by Gasteiger charge is -2.35. The van der Waals surface area contributed by atoms with Gasteiger partial charge in [0.2, 0.25) is 27.7 Å². The molecule has 334 valence electrons. The molecular weight excluding hydrogens is 815 g/mol. The maximum atomic E-state index is 15.1. The zero-order chi connectivity index (χ0) is 44.3. The fourth-order valence-electron chi connectivity index (χ4n) is 8.59. The number of pyridine rings is 1. The standard InChI is InChI=1S/C43H58F2N6O9S/c1-8-26-21-25(2)11-9-10-12-27-23-43(27,38(54)49-61(56,57)41(5)16-17-41)48-35(52)32-22-28(24-51(32)37(53)33(26)47-39(55)60-40(3,4)42(6,44)45)59-36-30-13-14-31-34(29(30)15-18-46-36)58-20-19-50(31)7/h10,12-15,18,25-28,32-33H,8-9,11,16-17,19-24H2,1-7H3,(H,47,55)(H,48,52)(H,49,54)/b12-10-/t25-,26-,27-,28-,32+,33+,43-/m1/s1. The first kappa shape index (κ1) is 44.3. The van der Waals surface area contributed by atoms with E-state index in [0.29, 0.717) is 69.7 Å². The summed E-state index contributed by atoms with van der Waals surface area (Å²) in [6, 6.07) is 3.03. The van der Waals surface area contributed by atoms with Crippen LogP contribution >= 0.6 is 0 Å². The number of sulfonamides is 1. The Morgan fingerprint density at radius 3 is 2.54 bits per heavy atom. The third-order valence-electron chi connectivity index (χ3n) is 13.5. The molecule has 7 rings (SSSR count). The molecule has 2 saturated carbocycles. The van der Waals surface area contributed by atoms with E-state index in [4.69, 9.17) is 14.2 Å². The summed E-state index contributed by atoms with van der Waals surface area (Å²) in [6.07, 6.45) is 6.29. The molecule has 1 aromatic carbocycles. The number of halogens is 2. The van der Waals surface area contributed by atoms with Crippen molar-refractivity contribution in [3.05, 3.63) is 36.5 Å². The van der Waals surface area contributed by atoms with Gasteiger partial charge in [0.05, 0.1) is 23.5 Å². The van der Waals surface area contributed by atoms with Crippen LogP contribution in [0.3, 0.4) is 0 Å². The van der Waals surface area contributed by atoms with Crippen LogP contribution in [0.25, 0.3) is 10.8 Å². The van der Waals surface area contributed by atoms with E-state index in [-0.39, 0.29) is 31.2 Å². The molecule has 0 bridgehead atoms. The molecular formula is C43H58F2N6O9S. The summed E-state index contributed by atoms with van der Waals surface area (Å²) in [7, 11) is -2.09. The minimum absolute atomic E-state index is 0.0260. The third kappa shape index (κ3) is 8.70. The molecule has 2 aliphatic carbocycles. The highest BCUT2D eigenvalue weighted by atomic mass is 32.2. The lowest BCUT2D eigenvalue weighted by atomic mass is 9.85. The number of allylic oxidation sites excluding steroid dienone is 1. The van der Waals surface area contributed by atoms with E-state index in [1.54, 1.807) is 13.1 Å². The highest BCUT2D eigenvalue weighted by Crippen LogP contribution is 2.48. The Bertz CT molecular complexity index is 2210. The van der Waals surface area contributed by atoms with Crippen molar-refractivity contribution in [1.82, 2.24) is 25.2 Å². The highest BCUT2D eigenvalue weighted by Gasteiger charge is 2.63. The highest BCUT2D eigenvalue weighted by molar-refractivity contribution is 7.91. The van der Waals surface area contributed by atoms with Crippen LogP contribution in [0.15, 0.2) is 36.5 Å². The first-order valence-corrected chi connectivity index (χ1v) is 22.7. The number of ether oxygens (including phenoxy) is 3. The lowest BCUT2D eigenvalue weighted by Crippen LogP contribution is -2.60. The number of carbonyl (C=O) groups is 4. The predicted octanol–water partition coefficient (Wildman–Crippen LogP) is 5.22. The molecule has 3 fully saturated rings. The maximum absolute atomic E-state index is 15.1. The zero-order valence-electron chi connectivity index (χ0n) is 35.9. The molecule has 0 radical (unpaired) electrons. The minimum Gasteiger partial charge on any atom is -0.489 e. The second kappa shape index (κ2) is 16.2. The van der Waals surface area contributed by atoms with E-state index in [9.17, 15) is 31.6 Å². The smallest absolute Gasteiger partial charge is 0.408 e. The largest absolute Gasteiger partial charge is 0.489 e. The van der Waals surface area contributed by atoms with Crippen LogP contribution < -0.4 is 29.7 Å². The van der Waals surface area contributed by atoms with E-state index in [1.807, 2.05) is 51.2 Å². The van der Waals surface area contributed by atoms with Gasteiger partial charge in [0, 0.05) is 43.3 Å². The number of hydrogen-bond acceptors (Lipinski definition) is 11. The van der Waals surface area contributed by atoms with Gasteiger partial charge in [-0.25, -0.2) is 27.0 Å². The molecule has 7 atom stereocenters. The van der Waals surface area contributed by atoms with Gasteiger partial charge >= 0.3 is 6.09 Å². The number of likely N-dealkylation sites (N-methyl/N-ethyl adjacent to an activating group) is 1. The van der Waals surface area contributed by atoms with Gasteiger partial charge in [-0.3, -0.25) is 19.1 Å². The van der Waals surface area contributed by atoms with E-state index in [1.165, 1.54) is 4.90 Å². The summed E-state index contributed by atoms with van der Waals surface area (Å²) < 4.78 is 74.6. The van der Waals surface area contributed by atoms with Crippen LogP contribution in [0, 0.1) is 17.8 Å². The number of rotatable bonds is 9. The normalized spacial score (nSPS) is 29.7. The van der Waals surface area contributed by atoms with Crippen molar-refractivity contribution in [2.75, 3.05) is 31.6 Å². The molecule has 5 aliphatic rings. The zero-order valence-corrected chi connectivity index (χ0v) is 36.7. The van der Waals surface area contributed by atoms with Crippen LogP contribution in [-0.2, 0) is 29.1 Å². The van der Waals surface area contributed by atoms with Gasteiger partial charge in [-0.1, -0.05) is 32.4 Å². The summed E-state index contributed by atoms with van der Waals surface area (Å²) in [5.74, 6) is -5.74. The van der Waals surface area contributed by atoms with E-state index in [0.717, 1.165) is 24.9 Å². The number of alkyl carbamates (subject to hydrolysis) is 1. The Labute approximate surface area is 355 Å². The van der Waals surface area contributed by atoms with E-state index < -0.39 is 85.7 Å². The van der Waals surface area contributed by atoms with Gasteiger partial charge in [0.15, 0.2) is 11.4 Å². The summed E-state index contributed by atoms with van der Waals surface area (Å²) >= 11 is 0. The average Bonchev–Trinajstić information content (AvgIpc) is 4.07. The van der Waals surface area contributed by atoms with E-state index >= 15 is 4.79 Å². The number of alkyl halides is 2. The number of amides is 4. The van der Waals surface area contributed by atoms with Crippen molar-refractivity contribution in [3.8, 4) is 11.6 Å². The van der Waals surface area contributed by atoms with Crippen LogP contribution in [0.1, 0.15) is 92.9 Å². The Balaban J connectivity index is 1.24. The second-order valence-corrected chi connectivity index (χ2v) is 20.7. The molecule has 4 heterocycles. The summed E-state index contributed by atoms with van der Waals surface area (Å²) in [5, 5.41) is 6.88. The van der Waals surface area contributed by atoms with Crippen LogP contribution in [-0.4, -0.2) is 109 Å². The molecule has 1 aromatic heterocycles. The number of nitrogens with one attached hydrogen (secondary N) is 3. The number of fused-ring (bicyclic) bond motifs is 5. The van der Waals surface area contributed by atoms with E-state index in [2.05, 4.69) is 25.2 Å². The number of nitrogens with zero attached hydrogens (tertiary/aromatic N) is 3. The van der Waals surface area contributed by atoms with Gasteiger partial charge < -0.3 is 34.6 Å². The summed E-state index contributed by atoms with van der Waals surface area (Å²) in [5.41, 5.74) is -2.93. The average molecular weight is 873 g/mol. The Morgan fingerprint density at radius 2 is 1.85 bits per heavy atom. The summed E-state index contributed by atoms with van der Waals surface area (Å²) in [4.78, 5) is 65.1. The second-order valence-electron chi connectivity index (χ2n) is 18.5. The molecule has 0 spiro atoms. The third-order valence-corrected chi connectivity index (χ3v) is 15.6. The fourth-order valence-corrected chi connectivity index (χ4v) is 9.90. The number of benzene rings is 1. The number of anilines is 1. The fraction of sp³-hybridized carbons (Fsp3) is 0.651. The lowest BCUT2D eigenvalue weighted by molar-refractivity contribution is -0.152. The SMILES string of the molecule is CC[C@@H]1C[C@H](C)CC/C=C\[C@@H]2C[C@@]2(C(=O)NS(=O)(=O)C2(C)CC2)NC(=O)[C@@H]2C[C@@H](Oc3nccc4c5c(ccc34)N(C)CCO5)CN2C(=O)[C@H]1NC(=O)OC(C)(C)C(C)(F)F. The minimum atomic E-state index is -4.06. The van der Waals surface area contributed by atoms with Gasteiger partial charge in [0.25, 0.3) is 11.8 Å². The van der Waals surface area contributed by atoms with Crippen molar-refractivity contribution in [2.45, 2.75) is 133 Å². The molecule has 18 heteroatoms. The first-order valence-electron chi connectivity index (χ1n) is 21.3. The Morgan fingerprint density at radius 1 is 1.11 bits per heavy atom. The number of aromatic nitrogens is 1. The molecule has 61 heavy (non-hydrogen) atoms. The van der Waals surface area contributed by atoms with Crippen molar-refractivity contribution < 1.29 is 50.6 Å². The molecule has 2 aromatic rings. The van der Waals surface area contributed by atoms with Crippen molar-refractivity contribution >= 4 is 50.3 Å². The topological polar surface area (TPSA) is 186 Å². The summed E-state index contributed by atoms with van der Waals surface area (Å²) in [6.45, 7) is 9.28. The predicted molar refractivity (Wildman–Crippen MR) is 223 cm³/mol. The van der Waals surface area contributed by atoms with Gasteiger partial charge in [-0.15, -0.1) is 0 Å².